The first-order valence-corrected chi connectivity index (χ1v) is 9.14. The molecule has 0 heterocycles. The third-order valence-electron chi connectivity index (χ3n) is 3.50. The third kappa shape index (κ3) is 4.34. The summed E-state index contributed by atoms with van der Waals surface area (Å²) < 4.78 is 6.38. The second-order valence-electron chi connectivity index (χ2n) is 5.25. The minimum absolute atomic E-state index is 0.264. The van der Waals surface area contributed by atoms with Crippen LogP contribution in [0.4, 0.5) is 5.69 Å². The first kappa shape index (κ1) is 16.9. The van der Waals surface area contributed by atoms with E-state index in [9.17, 15) is 4.79 Å². The molecule has 0 aromatic heterocycles. The van der Waals surface area contributed by atoms with Gasteiger partial charge in [-0.15, -0.1) is 0 Å². The SMILES string of the molecule is C=CC(=O)Nc1ccccc1OP(c1ccccc1)c1ccccc1. The topological polar surface area (TPSA) is 38.3 Å². The Morgan fingerprint density at radius 3 is 1.92 bits per heavy atom. The largest absolute Gasteiger partial charge is 0.462 e. The molecular weight excluding hydrogens is 329 g/mol. The zero-order chi connectivity index (χ0) is 17.5. The molecule has 3 nitrogen and oxygen atoms in total. The van der Waals surface area contributed by atoms with Crippen molar-refractivity contribution in [1.82, 2.24) is 0 Å². The zero-order valence-electron chi connectivity index (χ0n) is 13.6. The summed E-state index contributed by atoms with van der Waals surface area (Å²) in [6.45, 7) is 3.49. The summed E-state index contributed by atoms with van der Waals surface area (Å²) in [5.41, 5.74) is 0.631. The van der Waals surface area contributed by atoms with Gasteiger partial charge in [0.1, 0.15) is 5.75 Å². The third-order valence-corrected chi connectivity index (χ3v) is 5.41. The van der Waals surface area contributed by atoms with E-state index in [4.69, 9.17) is 4.52 Å². The first-order chi connectivity index (χ1) is 12.3. The molecule has 3 aromatic carbocycles. The molecule has 124 valence electrons. The fourth-order valence-electron chi connectivity index (χ4n) is 2.31. The minimum Gasteiger partial charge on any atom is -0.462 e. The van der Waals surface area contributed by atoms with Gasteiger partial charge in [-0.05, 0) is 18.2 Å². The van der Waals surface area contributed by atoms with Crippen LogP contribution in [0.25, 0.3) is 0 Å². The number of anilines is 1. The van der Waals surface area contributed by atoms with Crippen LogP contribution in [0.15, 0.2) is 97.6 Å². The van der Waals surface area contributed by atoms with Crippen LogP contribution in [-0.2, 0) is 4.79 Å². The summed E-state index contributed by atoms with van der Waals surface area (Å²) in [6.07, 6.45) is 1.24. The van der Waals surface area contributed by atoms with Crippen molar-refractivity contribution in [2.24, 2.45) is 0 Å². The molecule has 0 unspecified atom stereocenters. The average molecular weight is 347 g/mol. The molecule has 3 aromatic rings. The first-order valence-electron chi connectivity index (χ1n) is 7.88. The van der Waals surface area contributed by atoms with Crippen LogP contribution in [0.5, 0.6) is 5.75 Å². The highest BCUT2D eigenvalue weighted by molar-refractivity contribution is 7.68. The number of carbonyl (C=O) groups excluding carboxylic acids is 1. The van der Waals surface area contributed by atoms with E-state index in [0.717, 1.165) is 10.6 Å². The molecule has 0 saturated carbocycles. The lowest BCUT2D eigenvalue weighted by molar-refractivity contribution is -0.111. The Balaban J connectivity index is 1.97. The maximum absolute atomic E-state index is 11.7. The second-order valence-corrected chi connectivity index (χ2v) is 7.05. The molecule has 0 spiro atoms. The zero-order valence-corrected chi connectivity index (χ0v) is 14.5. The molecule has 25 heavy (non-hydrogen) atoms. The molecular formula is C21H18NO2P. The van der Waals surface area contributed by atoms with Crippen molar-refractivity contribution < 1.29 is 9.32 Å². The van der Waals surface area contributed by atoms with Gasteiger partial charge in [-0.1, -0.05) is 79.4 Å². The Bertz CT molecular complexity index is 811. The second kappa shape index (κ2) is 8.27. The van der Waals surface area contributed by atoms with Gasteiger partial charge in [0.05, 0.1) is 5.69 Å². The van der Waals surface area contributed by atoms with Crippen LogP contribution in [0.2, 0.25) is 0 Å². The number of amides is 1. The highest BCUT2D eigenvalue weighted by atomic mass is 31.1. The molecule has 1 N–H and O–H groups in total. The smallest absolute Gasteiger partial charge is 0.247 e. The van der Waals surface area contributed by atoms with Gasteiger partial charge in [0.15, 0.2) is 8.15 Å². The van der Waals surface area contributed by atoms with Gasteiger partial charge in [-0.2, -0.15) is 0 Å². The van der Waals surface area contributed by atoms with Gasteiger partial charge >= 0.3 is 0 Å². The normalized spacial score (nSPS) is 10.3. The fourth-order valence-corrected chi connectivity index (χ4v) is 4.06. The van der Waals surface area contributed by atoms with Crippen molar-refractivity contribution in [2.45, 2.75) is 0 Å². The Morgan fingerprint density at radius 1 is 0.840 bits per heavy atom. The summed E-state index contributed by atoms with van der Waals surface area (Å²) in [5.74, 6) is 0.372. The highest BCUT2D eigenvalue weighted by Gasteiger charge is 2.18. The quantitative estimate of drug-likeness (QED) is 0.535. The molecule has 0 saturated heterocycles. The maximum Gasteiger partial charge on any atom is 0.247 e. The van der Waals surface area contributed by atoms with Gasteiger partial charge < -0.3 is 9.84 Å². The van der Waals surface area contributed by atoms with Gasteiger partial charge in [-0.3, -0.25) is 4.79 Å². The lowest BCUT2D eigenvalue weighted by Crippen LogP contribution is -2.16. The molecule has 0 aliphatic carbocycles. The Kier molecular flexibility index (Phi) is 5.61. The maximum atomic E-state index is 11.7. The number of benzene rings is 3. The summed E-state index contributed by atoms with van der Waals surface area (Å²) in [7, 11) is -1.05. The van der Waals surface area contributed by atoms with Gasteiger partial charge in [0, 0.05) is 10.6 Å². The summed E-state index contributed by atoms with van der Waals surface area (Å²) in [4.78, 5) is 11.7. The Morgan fingerprint density at radius 2 is 1.36 bits per heavy atom. The Labute approximate surface area is 148 Å². The monoisotopic (exact) mass is 347 g/mol. The number of rotatable bonds is 6. The van der Waals surface area contributed by atoms with E-state index in [-0.39, 0.29) is 5.91 Å². The molecule has 0 aliphatic rings. The van der Waals surface area contributed by atoms with Crippen molar-refractivity contribution in [3.05, 3.63) is 97.6 Å². The molecule has 1 amide bonds. The van der Waals surface area contributed by atoms with Crippen molar-refractivity contribution in [1.29, 1.82) is 0 Å². The number of hydrogen-bond acceptors (Lipinski definition) is 2. The van der Waals surface area contributed by atoms with Crippen molar-refractivity contribution >= 4 is 30.4 Å². The summed E-state index contributed by atoms with van der Waals surface area (Å²) in [5, 5.41) is 5.01. The van der Waals surface area contributed by atoms with Crippen LogP contribution in [-0.4, -0.2) is 5.91 Å². The van der Waals surface area contributed by atoms with Crippen LogP contribution in [0, 0.1) is 0 Å². The van der Waals surface area contributed by atoms with E-state index in [0.29, 0.717) is 11.4 Å². The van der Waals surface area contributed by atoms with Crippen LogP contribution >= 0.6 is 8.15 Å². The minimum atomic E-state index is -1.05. The van der Waals surface area contributed by atoms with E-state index in [1.165, 1.54) is 6.08 Å². The average Bonchev–Trinajstić information content (AvgIpc) is 2.68. The van der Waals surface area contributed by atoms with Crippen LogP contribution < -0.4 is 20.4 Å². The lowest BCUT2D eigenvalue weighted by atomic mass is 10.3. The predicted octanol–water partition coefficient (Wildman–Crippen LogP) is 4.24. The number of hydrogen-bond donors (Lipinski definition) is 1. The van der Waals surface area contributed by atoms with E-state index < -0.39 is 8.15 Å². The van der Waals surface area contributed by atoms with E-state index in [1.807, 2.05) is 60.7 Å². The highest BCUT2D eigenvalue weighted by Crippen LogP contribution is 2.39. The van der Waals surface area contributed by atoms with Crippen LogP contribution in [0.1, 0.15) is 0 Å². The van der Waals surface area contributed by atoms with E-state index in [1.54, 1.807) is 0 Å². The molecule has 0 fully saturated rings. The van der Waals surface area contributed by atoms with Crippen molar-refractivity contribution in [3.63, 3.8) is 0 Å². The summed E-state index contributed by atoms with van der Waals surface area (Å²) >= 11 is 0. The van der Waals surface area contributed by atoms with Gasteiger partial charge in [0.2, 0.25) is 5.91 Å². The molecule has 0 bridgehead atoms. The molecule has 0 aliphatic heterocycles. The summed E-state index contributed by atoms with van der Waals surface area (Å²) in [6, 6.07) is 27.7. The van der Waals surface area contributed by atoms with Gasteiger partial charge in [0.25, 0.3) is 0 Å². The molecule has 0 radical (unpaired) electrons. The van der Waals surface area contributed by atoms with Gasteiger partial charge in [-0.25, -0.2) is 0 Å². The number of para-hydroxylation sites is 2. The molecule has 0 atom stereocenters. The molecule has 4 heteroatoms. The predicted molar refractivity (Wildman–Crippen MR) is 105 cm³/mol. The lowest BCUT2D eigenvalue weighted by Gasteiger charge is -2.21. The Hall–Kier alpha value is -2.90. The van der Waals surface area contributed by atoms with Crippen LogP contribution in [0.3, 0.4) is 0 Å². The van der Waals surface area contributed by atoms with Crippen molar-refractivity contribution in [3.8, 4) is 5.75 Å². The standard InChI is InChI=1S/C21H18NO2P/c1-2-21(23)22-19-15-9-10-16-20(19)24-25(17-11-5-3-6-12-17)18-13-7-4-8-14-18/h2-16H,1H2,(H,22,23). The van der Waals surface area contributed by atoms with E-state index >= 15 is 0 Å². The molecule has 3 rings (SSSR count). The number of carbonyl (C=O) groups is 1. The van der Waals surface area contributed by atoms with E-state index in [2.05, 4.69) is 36.2 Å². The van der Waals surface area contributed by atoms with Crippen molar-refractivity contribution in [2.75, 3.05) is 5.32 Å². The fraction of sp³-hybridized carbons (Fsp3) is 0. The number of nitrogens with one attached hydrogen (secondary N) is 1.